The molecule has 0 saturated carbocycles. The third-order valence-corrected chi connectivity index (χ3v) is 4.78. The molecule has 3 heterocycles. The van der Waals surface area contributed by atoms with Gasteiger partial charge in [-0.15, -0.1) is 12.4 Å². The van der Waals surface area contributed by atoms with Crippen molar-refractivity contribution in [2.75, 3.05) is 31.1 Å². The summed E-state index contributed by atoms with van der Waals surface area (Å²) in [5, 5.41) is 4.24. The summed E-state index contributed by atoms with van der Waals surface area (Å²) < 4.78 is 15.1. The fourth-order valence-electron chi connectivity index (χ4n) is 3.44. The second-order valence-electron chi connectivity index (χ2n) is 6.66. The first-order chi connectivity index (χ1) is 12.7. The molecule has 7 heteroatoms. The Morgan fingerprint density at radius 2 is 1.78 bits per heavy atom. The van der Waals surface area contributed by atoms with E-state index >= 15 is 0 Å². The number of anilines is 1. The molecular weight excluding hydrogens is 365 g/mol. The molecule has 1 fully saturated rings. The van der Waals surface area contributed by atoms with Gasteiger partial charge >= 0.3 is 0 Å². The van der Waals surface area contributed by atoms with Crippen LogP contribution in [0.4, 0.5) is 10.1 Å². The van der Waals surface area contributed by atoms with Crippen LogP contribution in [0.2, 0.25) is 0 Å². The van der Waals surface area contributed by atoms with Crippen molar-refractivity contribution in [3.8, 4) is 11.3 Å². The third-order valence-electron chi connectivity index (χ3n) is 4.78. The average molecular weight is 388 g/mol. The van der Waals surface area contributed by atoms with Crippen molar-refractivity contribution in [2.45, 2.75) is 6.54 Å². The highest BCUT2D eigenvalue weighted by Crippen LogP contribution is 2.29. The van der Waals surface area contributed by atoms with Crippen LogP contribution in [0.3, 0.4) is 0 Å². The van der Waals surface area contributed by atoms with E-state index in [0.717, 1.165) is 49.7 Å². The van der Waals surface area contributed by atoms with Gasteiger partial charge < -0.3 is 4.90 Å². The van der Waals surface area contributed by atoms with Crippen LogP contribution in [0.15, 0.2) is 55.0 Å². The van der Waals surface area contributed by atoms with E-state index in [0.29, 0.717) is 0 Å². The number of aryl methyl sites for hydroxylation is 1. The highest BCUT2D eigenvalue weighted by Gasteiger charge is 2.20. The van der Waals surface area contributed by atoms with Gasteiger partial charge in [-0.25, -0.2) is 4.39 Å². The highest BCUT2D eigenvalue weighted by molar-refractivity contribution is 5.85. The average Bonchev–Trinajstić information content (AvgIpc) is 3.08. The van der Waals surface area contributed by atoms with E-state index in [4.69, 9.17) is 0 Å². The number of hydrogen-bond acceptors (Lipinski definition) is 4. The Bertz CT molecular complexity index is 872. The topological polar surface area (TPSA) is 37.2 Å². The third kappa shape index (κ3) is 4.46. The lowest BCUT2D eigenvalue weighted by molar-refractivity contribution is 0.250. The Balaban J connectivity index is 0.00000210. The minimum atomic E-state index is -0.227. The molecule has 0 radical (unpaired) electrons. The molecule has 0 aliphatic carbocycles. The molecule has 0 amide bonds. The van der Waals surface area contributed by atoms with Gasteiger partial charge in [-0.05, 0) is 36.4 Å². The van der Waals surface area contributed by atoms with Crippen molar-refractivity contribution >= 4 is 18.1 Å². The monoisotopic (exact) mass is 387 g/mol. The van der Waals surface area contributed by atoms with Gasteiger partial charge in [-0.1, -0.05) is 0 Å². The molecule has 1 saturated heterocycles. The van der Waals surface area contributed by atoms with Crippen LogP contribution >= 0.6 is 12.4 Å². The molecule has 3 aromatic rings. The van der Waals surface area contributed by atoms with Gasteiger partial charge in [0.05, 0.1) is 17.6 Å². The van der Waals surface area contributed by atoms with E-state index in [1.807, 2.05) is 24.0 Å². The lowest BCUT2D eigenvalue weighted by atomic mass is 10.1. The fourth-order valence-corrected chi connectivity index (χ4v) is 3.44. The van der Waals surface area contributed by atoms with Gasteiger partial charge in [0, 0.05) is 63.3 Å². The molecular formula is C20H23ClFN5. The quantitative estimate of drug-likeness (QED) is 0.688. The normalized spacial score (nSPS) is 14.8. The van der Waals surface area contributed by atoms with Gasteiger partial charge in [0.25, 0.3) is 0 Å². The fraction of sp³-hybridized carbons (Fsp3) is 0.300. The van der Waals surface area contributed by atoms with E-state index in [9.17, 15) is 4.39 Å². The van der Waals surface area contributed by atoms with Gasteiger partial charge in [0.2, 0.25) is 0 Å². The zero-order valence-corrected chi connectivity index (χ0v) is 16.1. The Labute approximate surface area is 164 Å². The predicted molar refractivity (Wildman–Crippen MR) is 108 cm³/mol. The number of benzene rings is 1. The predicted octanol–water partition coefficient (Wildman–Crippen LogP) is 3.37. The molecule has 27 heavy (non-hydrogen) atoms. The minimum absolute atomic E-state index is 0. The van der Waals surface area contributed by atoms with E-state index in [2.05, 4.69) is 32.1 Å². The molecule has 5 nitrogen and oxygen atoms in total. The zero-order chi connectivity index (χ0) is 17.9. The number of halogens is 2. The molecule has 1 aliphatic heterocycles. The molecule has 0 spiro atoms. The molecule has 0 bridgehead atoms. The second kappa shape index (κ2) is 8.50. The maximum absolute atomic E-state index is 13.2. The van der Waals surface area contributed by atoms with Crippen LogP contribution in [-0.2, 0) is 13.6 Å². The molecule has 0 N–H and O–H groups in total. The molecule has 142 valence electrons. The summed E-state index contributed by atoms with van der Waals surface area (Å²) in [5.41, 5.74) is 4.21. The van der Waals surface area contributed by atoms with Crippen LogP contribution in [0, 0.1) is 5.82 Å². The SMILES string of the molecule is Cl.Cn1cc(CN2CCN(c3cccnc3-c3ccc(F)cc3)CC2)cn1. The first-order valence-corrected chi connectivity index (χ1v) is 8.85. The number of rotatable bonds is 4. The van der Waals surface area contributed by atoms with Crippen LogP contribution in [0.25, 0.3) is 11.3 Å². The van der Waals surface area contributed by atoms with Gasteiger partial charge in [0.1, 0.15) is 5.82 Å². The number of hydrogen-bond donors (Lipinski definition) is 0. The van der Waals surface area contributed by atoms with E-state index < -0.39 is 0 Å². The van der Waals surface area contributed by atoms with Crippen molar-refractivity contribution in [1.82, 2.24) is 19.7 Å². The summed E-state index contributed by atoms with van der Waals surface area (Å²) in [6.45, 7) is 4.80. The molecule has 0 atom stereocenters. The lowest BCUT2D eigenvalue weighted by Gasteiger charge is -2.36. The van der Waals surface area contributed by atoms with E-state index in [1.54, 1.807) is 18.3 Å². The van der Waals surface area contributed by atoms with Crippen LogP contribution < -0.4 is 4.90 Å². The standard InChI is InChI=1S/C20H22FN5.ClH/c1-24-14-16(13-23-24)15-25-9-11-26(12-10-25)19-3-2-8-22-20(19)17-4-6-18(21)7-5-17;/h2-8,13-14H,9-12,15H2,1H3;1H. The summed E-state index contributed by atoms with van der Waals surface area (Å²) in [4.78, 5) is 9.37. The largest absolute Gasteiger partial charge is 0.367 e. The van der Waals surface area contributed by atoms with Crippen molar-refractivity contribution < 1.29 is 4.39 Å². The maximum Gasteiger partial charge on any atom is 0.123 e. The van der Waals surface area contributed by atoms with Crippen molar-refractivity contribution in [2.24, 2.45) is 7.05 Å². The summed E-state index contributed by atoms with van der Waals surface area (Å²) in [6, 6.07) is 10.6. The first-order valence-electron chi connectivity index (χ1n) is 8.85. The minimum Gasteiger partial charge on any atom is -0.367 e. The molecule has 2 aromatic heterocycles. The lowest BCUT2D eigenvalue weighted by Crippen LogP contribution is -2.46. The van der Waals surface area contributed by atoms with Crippen molar-refractivity contribution in [1.29, 1.82) is 0 Å². The summed E-state index contributed by atoms with van der Waals surface area (Å²) >= 11 is 0. The Morgan fingerprint density at radius 1 is 1.04 bits per heavy atom. The van der Waals surface area contributed by atoms with E-state index in [-0.39, 0.29) is 18.2 Å². The van der Waals surface area contributed by atoms with Gasteiger partial charge in [-0.2, -0.15) is 5.10 Å². The summed E-state index contributed by atoms with van der Waals surface area (Å²) in [7, 11) is 1.95. The van der Waals surface area contributed by atoms with Gasteiger partial charge in [-0.3, -0.25) is 14.6 Å². The van der Waals surface area contributed by atoms with Crippen LogP contribution in [0.5, 0.6) is 0 Å². The molecule has 4 rings (SSSR count). The second-order valence-corrected chi connectivity index (χ2v) is 6.66. The van der Waals surface area contributed by atoms with Crippen molar-refractivity contribution in [3.05, 3.63) is 66.4 Å². The molecule has 1 aliphatic rings. The Morgan fingerprint density at radius 3 is 2.44 bits per heavy atom. The maximum atomic E-state index is 13.2. The number of nitrogens with zero attached hydrogens (tertiary/aromatic N) is 5. The highest BCUT2D eigenvalue weighted by atomic mass is 35.5. The zero-order valence-electron chi connectivity index (χ0n) is 15.3. The smallest absolute Gasteiger partial charge is 0.123 e. The Kier molecular flexibility index (Phi) is 6.08. The van der Waals surface area contributed by atoms with Crippen LogP contribution in [0.1, 0.15) is 5.56 Å². The number of piperazine rings is 1. The van der Waals surface area contributed by atoms with Gasteiger partial charge in [0.15, 0.2) is 0 Å². The number of pyridine rings is 1. The summed E-state index contributed by atoms with van der Waals surface area (Å²) in [6.07, 6.45) is 5.79. The van der Waals surface area contributed by atoms with Crippen LogP contribution in [-0.4, -0.2) is 45.8 Å². The van der Waals surface area contributed by atoms with Crippen molar-refractivity contribution in [3.63, 3.8) is 0 Å². The molecule has 1 aromatic carbocycles. The summed E-state index contributed by atoms with van der Waals surface area (Å²) in [5.74, 6) is -0.227. The Hall–Kier alpha value is -2.44. The van der Waals surface area contributed by atoms with E-state index in [1.165, 1.54) is 17.7 Å². The first kappa shape index (κ1) is 19.3. The molecule has 0 unspecified atom stereocenters. The number of aromatic nitrogens is 3.